The maximum absolute atomic E-state index is 5.61. The summed E-state index contributed by atoms with van der Waals surface area (Å²) < 4.78 is 13.1. The lowest BCUT2D eigenvalue weighted by molar-refractivity contribution is 0.0417. The first-order valence-corrected chi connectivity index (χ1v) is 6.70. The van der Waals surface area contributed by atoms with E-state index in [1.807, 2.05) is 13.0 Å². The Hall–Kier alpha value is -1.46. The Bertz CT molecular complexity index is 522. The second kappa shape index (κ2) is 6.63. The minimum absolute atomic E-state index is 0.345. The smallest absolute Gasteiger partial charge is 0.136 e. The highest BCUT2D eigenvalue weighted by molar-refractivity contribution is 5.74. The number of aromatic nitrogens is 3. The zero-order chi connectivity index (χ0) is 13.7. The predicted molar refractivity (Wildman–Crippen MR) is 74.1 cm³/mol. The first-order chi connectivity index (χ1) is 9.24. The lowest BCUT2D eigenvalue weighted by Gasteiger charge is -2.13. The number of ether oxygens (including phenoxy) is 2. The molecule has 0 aliphatic heterocycles. The highest BCUT2D eigenvalue weighted by Gasteiger charge is 2.12. The van der Waals surface area contributed by atoms with Crippen molar-refractivity contribution in [2.24, 2.45) is 0 Å². The van der Waals surface area contributed by atoms with Crippen LogP contribution in [0.5, 0.6) is 0 Å². The summed E-state index contributed by atoms with van der Waals surface area (Å²) in [6, 6.07) is 2.34. The van der Waals surface area contributed by atoms with Gasteiger partial charge in [0.1, 0.15) is 17.9 Å². The number of fused-ring (bicyclic) bond motifs is 1. The van der Waals surface area contributed by atoms with E-state index in [9.17, 15) is 0 Å². The van der Waals surface area contributed by atoms with Gasteiger partial charge in [-0.15, -0.1) is 0 Å². The van der Waals surface area contributed by atoms with Crippen LogP contribution in [0.25, 0.3) is 11.0 Å². The minimum atomic E-state index is 0.345. The first-order valence-electron chi connectivity index (χ1n) is 6.70. The molecule has 0 N–H and O–H groups in total. The fraction of sp³-hybridized carbons (Fsp3) is 0.571. The van der Waals surface area contributed by atoms with Crippen molar-refractivity contribution < 1.29 is 9.47 Å². The van der Waals surface area contributed by atoms with Gasteiger partial charge in [0.2, 0.25) is 0 Å². The molecule has 0 fully saturated rings. The zero-order valence-electron chi connectivity index (χ0n) is 11.8. The molecule has 0 amide bonds. The Morgan fingerprint density at radius 1 is 1.26 bits per heavy atom. The topological polar surface area (TPSA) is 49.2 Å². The van der Waals surface area contributed by atoms with E-state index in [1.165, 1.54) is 0 Å². The van der Waals surface area contributed by atoms with Crippen LogP contribution in [0.4, 0.5) is 0 Å². The lowest BCUT2D eigenvalue weighted by atomic mass is 10.3. The number of nitrogens with zero attached hydrogens (tertiary/aromatic N) is 3. The van der Waals surface area contributed by atoms with E-state index in [2.05, 4.69) is 28.4 Å². The number of imidazole rings is 1. The van der Waals surface area contributed by atoms with Crippen LogP contribution in [0.1, 0.15) is 32.6 Å². The van der Waals surface area contributed by atoms with Gasteiger partial charge in [-0.05, 0) is 26.8 Å². The summed E-state index contributed by atoms with van der Waals surface area (Å²) in [5.41, 5.74) is 2.02. The molecular weight excluding hydrogens is 242 g/mol. The molecule has 2 rings (SSSR count). The van der Waals surface area contributed by atoms with Gasteiger partial charge in [-0.25, -0.2) is 4.98 Å². The van der Waals surface area contributed by atoms with Crippen molar-refractivity contribution >= 4 is 11.0 Å². The molecule has 0 bridgehead atoms. The van der Waals surface area contributed by atoms with Crippen molar-refractivity contribution in [1.82, 2.24) is 14.5 Å². The molecule has 5 nitrogen and oxygen atoms in total. The van der Waals surface area contributed by atoms with Gasteiger partial charge in [0.25, 0.3) is 0 Å². The van der Waals surface area contributed by atoms with E-state index in [1.54, 1.807) is 12.4 Å². The van der Waals surface area contributed by atoms with Crippen molar-refractivity contribution in [1.29, 1.82) is 0 Å². The monoisotopic (exact) mass is 263 g/mol. The second-order valence-corrected chi connectivity index (χ2v) is 4.61. The SMILES string of the molecule is CCOCCOCc1nc2cnccc2n1C(C)C. The van der Waals surface area contributed by atoms with Gasteiger partial charge in [0, 0.05) is 18.8 Å². The van der Waals surface area contributed by atoms with Crippen molar-refractivity contribution in [3.8, 4) is 0 Å². The molecule has 0 saturated carbocycles. The molecule has 0 aromatic carbocycles. The van der Waals surface area contributed by atoms with Crippen LogP contribution >= 0.6 is 0 Å². The summed E-state index contributed by atoms with van der Waals surface area (Å²) in [6.07, 6.45) is 3.58. The number of rotatable bonds is 7. The number of hydrogen-bond acceptors (Lipinski definition) is 4. The molecule has 0 spiro atoms. The van der Waals surface area contributed by atoms with Crippen LogP contribution < -0.4 is 0 Å². The molecule has 0 aliphatic rings. The normalized spacial score (nSPS) is 11.6. The van der Waals surface area contributed by atoms with Crippen molar-refractivity contribution in [2.75, 3.05) is 19.8 Å². The van der Waals surface area contributed by atoms with Crippen LogP contribution in [0, 0.1) is 0 Å². The number of pyridine rings is 1. The average molecular weight is 263 g/mol. The molecule has 19 heavy (non-hydrogen) atoms. The summed E-state index contributed by atoms with van der Waals surface area (Å²) in [5.74, 6) is 0.939. The highest BCUT2D eigenvalue weighted by Crippen LogP contribution is 2.20. The molecule has 104 valence electrons. The molecule has 0 atom stereocenters. The lowest BCUT2D eigenvalue weighted by Crippen LogP contribution is -2.10. The van der Waals surface area contributed by atoms with Crippen LogP contribution in [-0.2, 0) is 16.1 Å². The molecule has 0 radical (unpaired) electrons. The Morgan fingerprint density at radius 3 is 2.79 bits per heavy atom. The summed E-state index contributed by atoms with van der Waals surface area (Å²) in [5, 5.41) is 0. The van der Waals surface area contributed by atoms with E-state index < -0.39 is 0 Å². The highest BCUT2D eigenvalue weighted by atomic mass is 16.5. The van der Waals surface area contributed by atoms with Gasteiger partial charge < -0.3 is 14.0 Å². The van der Waals surface area contributed by atoms with Crippen LogP contribution in [0.15, 0.2) is 18.5 Å². The molecule has 2 aromatic rings. The number of hydrogen-bond donors (Lipinski definition) is 0. The average Bonchev–Trinajstić information content (AvgIpc) is 2.76. The van der Waals surface area contributed by atoms with Gasteiger partial charge in [-0.2, -0.15) is 0 Å². The summed E-state index contributed by atoms with van der Waals surface area (Å²) >= 11 is 0. The summed E-state index contributed by atoms with van der Waals surface area (Å²) in [6.45, 7) is 8.70. The Labute approximate surface area is 113 Å². The second-order valence-electron chi connectivity index (χ2n) is 4.61. The maximum Gasteiger partial charge on any atom is 0.136 e. The Morgan fingerprint density at radius 2 is 2.05 bits per heavy atom. The van der Waals surface area contributed by atoms with E-state index in [0.29, 0.717) is 25.9 Å². The minimum Gasteiger partial charge on any atom is -0.379 e. The molecular formula is C14H21N3O2. The Balaban J connectivity index is 2.11. The van der Waals surface area contributed by atoms with Crippen LogP contribution in [-0.4, -0.2) is 34.4 Å². The quantitative estimate of drug-likeness (QED) is 0.720. The van der Waals surface area contributed by atoms with Crippen LogP contribution in [0.3, 0.4) is 0 Å². The molecule has 0 aliphatic carbocycles. The molecule has 5 heteroatoms. The maximum atomic E-state index is 5.61. The van der Waals surface area contributed by atoms with Gasteiger partial charge in [-0.3, -0.25) is 4.98 Å². The molecule has 2 aromatic heterocycles. The van der Waals surface area contributed by atoms with Crippen molar-refractivity contribution in [3.05, 3.63) is 24.3 Å². The van der Waals surface area contributed by atoms with Crippen LogP contribution in [0.2, 0.25) is 0 Å². The summed E-state index contributed by atoms with van der Waals surface area (Å²) in [4.78, 5) is 8.70. The predicted octanol–water partition coefficient (Wildman–Crippen LogP) is 2.57. The summed E-state index contributed by atoms with van der Waals surface area (Å²) in [7, 11) is 0. The van der Waals surface area contributed by atoms with E-state index >= 15 is 0 Å². The van der Waals surface area contributed by atoms with Crippen molar-refractivity contribution in [3.63, 3.8) is 0 Å². The zero-order valence-corrected chi connectivity index (χ0v) is 11.8. The van der Waals surface area contributed by atoms with Gasteiger partial charge >= 0.3 is 0 Å². The third-order valence-electron chi connectivity index (χ3n) is 2.89. The van der Waals surface area contributed by atoms with E-state index in [0.717, 1.165) is 23.5 Å². The fourth-order valence-corrected chi connectivity index (χ4v) is 2.10. The largest absolute Gasteiger partial charge is 0.379 e. The van der Waals surface area contributed by atoms with Gasteiger partial charge in [0.15, 0.2) is 0 Å². The standard InChI is InChI=1S/C14H21N3O2/c1-4-18-7-8-19-10-14-16-12-9-15-6-5-13(12)17(14)11(2)3/h5-6,9,11H,4,7-8,10H2,1-3H3. The van der Waals surface area contributed by atoms with Gasteiger partial charge in [-0.1, -0.05) is 0 Å². The fourth-order valence-electron chi connectivity index (χ4n) is 2.10. The van der Waals surface area contributed by atoms with E-state index in [4.69, 9.17) is 9.47 Å². The molecule has 0 unspecified atom stereocenters. The molecule has 2 heterocycles. The van der Waals surface area contributed by atoms with Gasteiger partial charge in [0.05, 0.1) is 24.9 Å². The van der Waals surface area contributed by atoms with Crippen molar-refractivity contribution in [2.45, 2.75) is 33.4 Å². The van der Waals surface area contributed by atoms with E-state index in [-0.39, 0.29) is 0 Å². The first kappa shape index (κ1) is 14.0. The third-order valence-corrected chi connectivity index (χ3v) is 2.89. The Kier molecular flexibility index (Phi) is 4.87. The third kappa shape index (κ3) is 3.30. The molecule has 0 saturated heterocycles.